The molecule has 0 aliphatic carbocycles. The molecule has 7 nitrogen and oxygen atoms in total. The number of carbonyl (C=O) groups excluding carboxylic acids is 2. The Kier molecular flexibility index (Phi) is 8.50. The van der Waals surface area contributed by atoms with E-state index in [0.717, 1.165) is 35.6 Å². The fraction of sp³-hybridized carbons (Fsp3) is 0.440. The van der Waals surface area contributed by atoms with Crippen molar-refractivity contribution in [2.45, 2.75) is 26.4 Å². The number of carbonyl (C=O) groups is 2. The molecule has 2 aromatic carbocycles. The van der Waals surface area contributed by atoms with Crippen molar-refractivity contribution < 1.29 is 19.1 Å². The van der Waals surface area contributed by atoms with Gasteiger partial charge >= 0.3 is 0 Å². The van der Waals surface area contributed by atoms with E-state index in [4.69, 9.17) is 9.47 Å². The number of nitrogens with zero attached hydrogens (tertiary/aromatic N) is 3. The molecule has 0 unspecified atom stereocenters. The van der Waals surface area contributed by atoms with E-state index >= 15 is 0 Å². The summed E-state index contributed by atoms with van der Waals surface area (Å²) in [5.41, 5.74) is 2.11. The average molecular weight is 440 g/mol. The third-order valence-electron chi connectivity index (χ3n) is 5.59. The molecule has 0 aromatic heterocycles. The van der Waals surface area contributed by atoms with Gasteiger partial charge in [0, 0.05) is 33.2 Å². The van der Waals surface area contributed by atoms with Crippen LogP contribution in [0.1, 0.15) is 24.5 Å². The number of methoxy groups -OCH3 is 1. The number of hydrogen-bond acceptors (Lipinski definition) is 5. The molecule has 0 radical (unpaired) electrons. The van der Waals surface area contributed by atoms with Crippen LogP contribution in [0.3, 0.4) is 0 Å². The number of likely N-dealkylation sites (N-methyl/N-ethyl adjacent to an activating group) is 1. The highest BCUT2D eigenvalue weighted by atomic mass is 16.5. The van der Waals surface area contributed by atoms with E-state index in [9.17, 15) is 9.59 Å². The summed E-state index contributed by atoms with van der Waals surface area (Å²) in [7, 11) is 3.44. The quantitative estimate of drug-likeness (QED) is 0.601. The molecule has 0 atom stereocenters. The van der Waals surface area contributed by atoms with Gasteiger partial charge in [0.1, 0.15) is 11.5 Å². The minimum atomic E-state index is 0.00953. The van der Waals surface area contributed by atoms with Gasteiger partial charge < -0.3 is 19.3 Å². The van der Waals surface area contributed by atoms with Gasteiger partial charge in [-0.05, 0) is 48.7 Å². The second-order valence-corrected chi connectivity index (χ2v) is 8.05. The maximum atomic E-state index is 12.8. The fourth-order valence-corrected chi connectivity index (χ4v) is 3.77. The van der Waals surface area contributed by atoms with Gasteiger partial charge in [0.15, 0.2) is 0 Å². The monoisotopic (exact) mass is 439 g/mol. The first-order valence-corrected chi connectivity index (χ1v) is 11.1. The van der Waals surface area contributed by atoms with Gasteiger partial charge in [0.25, 0.3) is 0 Å². The Hall–Kier alpha value is -3.06. The topological polar surface area (TPSA) is 62.3 Å². The Balaban J connectivity index is 1.50. The molecule has 1 saturated heterocycles. The van der Waals surface area contributed by atoms with E-state index in [1.807, 2.05) is 65.3 Å². The van der Waals surface area contributed by atoms with Crippen LogP contribution in [0.2, 0.25) is 0 Å². The number of hydrogen-bond donors (Lipinski definition) is 0. The fourth-order valence-electron chi connectivity index (χ4n) is 3.77. The predicted octanol–water partition coefficient (Wildman–Crippen LogP) is 2.79. The molecule has 1 aliphatic rings. The summed E-state index contributed by atoms with van der Waals surface area (Å²) in [6.07, 6.45) is 0.845. The van der Waals surface area contributed by atoms with Gasteiger partial charge in [0.05, 0.1) is 26.8 Å². The highest BCUT2D eigenvalue weighted by molar-refractivity contribution is 5.81. The highest BCUT2D eigenvalue weighted by Crippen LogP contribution is 2.16. The first-order chi connectivity index (χ1) is 15.5. The molecule has 32 heavy (non-hydrogen) atoms. The highest BCUT2D eigenvalue weighted by Gasteiger charge is 2.24. The second-order valence-electron chi connectivity index (χ2n) is 8.05. The summed E-state index contributed by atoms with van der Waals surface area (Å²) in [6.45, 7) is 5.61. The van der Waals surface area contributed by atoms with Gasteiger partial charge in [-0.1, -0.05) is 24.3 Å². The zero-order valence-corrected chi connectivity index (χ0v) is 19.3. The van der Waals surface area contributed by atoms with Crippen LogP contribution in [0, 0.1) is 0 Å². The van der Waals surface area contributed by atoms with Crippen LogP contribution in [-0.4, -0.2) is 73.5 Å². The smallest absolute Gasteiger partial charge is 0.237 e. The summed E-state index contributed by atoms with van der Waals surface area (Å²) >= 11 is 0. The molecule has 172 valence electrons. The van der Waals surface area contributed by atoms with Crippen molar-refractivity contribution >= 4 is 11.8 Å². The van der Waals surface area contributed by atoms with Gasteiger partial charge in [-0.25, -0.2) is 0 Å². The molecule has 1 heterocycles. The number of ether oxygens (including phenoxy) is 2. The molecule has 0 saturated carbocycles. The Morgan fingerprint density at radius 2 is 1.66 bits per heavy atom. The summed E-state index contributed by atoms with van der Waals surface area (Å²) < 4.78 is 10.7. The normalized spacial score (nSPS) is 14.7. The van der Waals surface area contributed by atoms with Crippen LogP contribution in [0.5, 0.6) is 11.5 Å². The Bertz CT molecular complexity index is 883. The Morgan fingerprint density at radius 1 is 1.00 bits per heavy atom. The van der Waals surface area contributed by atoms with E-state index < -0.39 is 0 Å². The minimum absolute atomic E-state index is 0.00953. The van der Waals surface area contributed by atoms with E-state index in [-0.39, 0.29) is 24.9 Å². The Labute approximate surface area is 190 Å². The van der Waals surface area contributed by atoms with Crippen molar-refractivity contribution in [1.29, 1.82) is 0 Å². The zero-order valence-electron chi connectivity index (χ0n) is 19.3. The SMILES string of the molecule is CCOc1ccc(CN(C)C(=O)CN2CCCN(Cc3ccc(OC)cc3)C(=O)C2)cc1. The van der Waals surface area contributed by atoms with Crippen molar-refractivity contribution in [3.05, 3.63) is 59.7 Å². The molecule has 1 aliphatic heterocycles. The zero-order chi connectivity index (χ0) is 22.9. The van der Waals surface area contributed by atoms with Crippen molar-refractivity contribution in [3.63, 3.8) is 0 Å². The molecule has 3 rings (SSSR count). The molecular formula is C25H33N3O4. The molecule has 1 fully saturated rings. The average Bonchev–Trinajstić information content (AvgIpc) is 2.96. The third kappa shape index (κ3) is 6.72. The standard InChI is InChI=1S/C25H33N3O4/c1-4-32-23-12-8-20(9-13-23)16-26(2)24(29)18-27-14-5-15-28(25(30)19-27)17-21-6-10-22(31-3)11-7-21/h6-13H,4-5,14-19H2,1-3H3. The summed E-state index contributed by atoms with van der Waals surface area (Å²) in [4.78, 5) is 31.1. The second kappa shape index (κ2) is 11.5. The van der Waals surface area contributed by atoms with E-state index in [1.165, 1.54) is 0 Å². The molecule has 0 N–H and O–H groups in total. The van der Waals surface area contributed by atoms with Crippen LogP contribution < -0.4 is 9.47 Å². The van der Waals surface area contributed by atoms with Gasteiger partial charge in [-0.2, -0.15) is 0 Å². The van der Waals surface area contributed by atoms with E-state index in [1.54, 1.807) is 19.1 Å². The third-order valence-corrected chi connectivity index (χ3v) is 5.59. The molecule has 2 amide bonds. The van der Waals surface area contributed by atoms with E-state index in [2.05, 4.69) is 0 Å². The lowest BCUT2D eigenvalue weighted by Crippen LogP contribution is -2.41. The van der Waals surface area contributed by atoms with Crippen molar-refractivity contribution in [2.24, 2.45) is 0 Å². The molecule has 0 bridgehead atoms. The molecule has 7 heteroatoms. The number of benzene rings is 2. The van der Waals surface area contributed by atoms with Crippen molar-refractivity contribution in [2.75, 3.05) is 46.9 Å². The maximum absolute atomic E-state index is 12.8. The van der Waals surface area contributed by atoms with Crippen LogP contribution in [-0.2, 0) is 22.7 Å². The first kappa shape index (κ1) is 23.6. The molecular weight excluding hydrogens is 406 g/mol. The van der Waals surface area contributed by atoms with Crippen LogP contribution in [0.25, 0.3) is 0 Å². The Morgan fingerprint density at radius 3 is 2.31 bits per heavy atom. The number of amides is 2. The van der Waals surface area contributed by atoms with Crippen LogP contribution in [0.15, 0.2) is 48.5 Å². The van der Waals surface area contributed by atoms with E-state index in [0.29, 0.717) is 26.2 Å². The van der Waals surface area contributed by atoms with Crippen molar-refractivity contribution in [3.8, 4) is 11.5 Å². The first-order valence-electron chi connectivity index (χ1n) is 11.1. The lowest BCUT2D eigenvalue weighted by Gasteiger charge is -2.24. The summed E-state index contributed by atoms with van der Waals surface area (Å²) in [6, 6.07) is 15.6. The molecule has 0 spiro atoms. The maximum Gasteiger partial charge on any atom is 0.237 e. The van der Waals surface area contributed by atoms with Gasteiger partial charge in [0.2, 0.25) is 11.8 Å². The van der Waals surface area contributed by atoms with Gasteiger partial charge in [-0.15, -0.1) is 0 Å². The van der Waals surface area contributed by atoms with Crippen molar-refractivity contribution in [1.82, 2.24) is 14.7 Å². The largest absolute Gasteiger partial charge is 0.497 e. The lowest BCUT2D eigenvalue weighted by atomic mass is 10.2. The van der Waals surface area contributed by atoms with Gasteiger partial charge in [-0.3, -0.25) is 14.5 Å². The minimum Gasteiger partial charge on any atom is -0.497 e. The summed E-state index contributed by atoms with van der Waals surface area (Å²) in [5, 5.41) is 0. The molecule has 2 aromatic rings. The lowest BCUT2D eigenvalue weighted by molar-refractivity contribution is -0.134. The summed E-state index contributed by atoms with van der Waals surface area (Å²) in [5.74, 6) is 1.69. The van der Waals surface area contributed by atoms with Crippen LogP contribution in [0.4, 0.5) is 0 Å². The predicted molar refractivity (Wildman–Crippen MR) is 124 cm³/mol. The van der Waals surface area contributed by atoms with Crippen LogP contribution >= 0.6 is 0 Å². The number of rotatable bonds is 9.